The van der Waals surface area contributed by atoms with Crippen molar-refractivity contribution in [3.63, 3.8) is 0 Å². The van der Waals surface area contributed by atoms with Crippen LogP contribution in [-0.4, -0.2) is 36.0 Å². The number of hydrogen-bond donors (Lipinski definition) is 1. The molecule has 1 heterocycles. The van der Waals surface area contributed by atoms with Gasteiger partial charge in [-0.1, -0.05) is 13.3 Å². The van der Waals surface area contributed by atoms with Crippen molar-refractivity contribution in [3.05, 3.63) is 0 Å². The first kappa shape index (κ1) is 12.4. The van der Waals surface area contributed by atoms with Crippen molar-refractivity contribution in [2.24, 2.45) is 5.73 Å². The molecule has 15 heavy (non-hydrogen) atoms. The molecule has 1 saturated heterocycles. The summed E-state index contributed by atoms with van der Waals surface area (Å²) in [6, 6.07) is -0.375. The van der Waals surface area contributed by atoms with Crippen molar-refractivity contribution in [1.82, 2.24) is 4.31 Å². The number of amides is 1. The van der Waals surface area contributed by atoms with Gasteiger partial charge in [-0.15, -0.1) is 0 Å². The fourth-order valence-corrected chi connectivity index (χ4v) is 3.43. The Morgan fingerprint density at radius 3 is 2.33 bits per heavy atom. The molecule has 6 heteroatoms. The summed E-state index contributed by atoms with van der Waals surface area (Å²) in [6.07, 6.45) is 1.43. The van der Waals surface area contributed by atoms with Crippen LogP contribution >= 0.6 is 0 Å². The minimum absolute atomic E-state index is 0.189. The highest BCUT2D eigenvalue weighted by Gasteiger charge is 2.61. The molecule has 0 aromatic heterocycles. The normalized spacial score (nSPS) is 24.8. The summed E-state index contributed by atoms with van der Waals surface area (Å²) in [7, 11) is -3.48. The van der Waals surface area contributed by atoms with Gasteiger partial charge in [0.1, 0.15) is 0 Å². The number of rotatable bonds is 4. The fraction of sp³-hybridized carbons (Fsp3) is 0.889. The first-order valence-corrected chi connectivity index (χ1v) is 6.53. The van der Waals surface area contributed by atoms with Crippen LogP contribution < -0.4 is 5.73 Å². The molecule has 0 radical (unpaired) electrons. The molecule has 1 unspecified atom stereocenters. The van der Waals surface area contributed by atoms with E-state index in [0.717, 1.165) is 10.7 Å². The molecule has 5 nitrogen and oxygen atoms in total. The topological polar surface area (TPSA) is 80.5 Å². The average Bonchev–Trinajstić information content (AvgIpc) is 2.16. The van der Waals surface area contributed by atoms with Crippen LogP contribution in [0.3, 0.4) is 0 Å². The van der Waals surface area contributed by atoms with Crippen LogP contribution in [0.15, 0.2) is 0 Å². The smallest absolute Gasteiger partial charge is 0.259 e. The van der Waals surface area contributed by atoms with Crippen molar-refractivity contribution in [2.75, 3.05) is 6.54 Å². The Morgan fingerprint density at radius 1 is 1.47 bits per heavy atom. The van der Waals surface area contributed by atoms with Crippen molar-refractivity contribution in [1.29, 1.82) is 0 Å². The minimum atomic E-state index is -3.48. The first-order valence-electron chi connectivity index (χ1n) is 5.09. The zero-order chi connectivity index (χ0) is 11.9. The quantitative estimate of drug-likeness (QED) is 0.746. The second kappa shape index (κ2) is 3.75. The van der Waals surface area contributed by atoms with Crippen molar-refractivity contribution >= 4 is 15.9 Å². The summed E-state index contributed by atoms with van der Waals surface area (Å²) in [6.45, 7) is 4.99. The maximum Gasteiger partial charge on any atom is 0.259 e. The molecule has 1 aliphatic heterocycles. The zero-order valence-electron chi connectivity index (χ0n) is 9.36. The third kappa shape index (κ3) is 1.56. The molecule has 1 amide bonds. The van der Waals surface area contributed by atoms with Gasteiger partial charge in [0.05, 0.1) is 6.04 Å². The number of hydrogen-bond acceptors (Lipinski definition) is 4. The van der Waals surface area contributed by atoms with E-state index in [9.17, 15) is 13.2 Å². The van der Waals surface area contributed by atoms with Gasteiger partial charge in [-0.25, -0.2) is 12.7 Å². The van der Waals surface area contributed by atoms with Crippen LogP contribution in [0.5, 0.6) is 0 Å². The second-order valence-corrected chi connectivity index (χ2v) is 6.66. The van der Waals surface area contributed by atoms with Crippen LogP contribution in [-0.2, 0) is 14.8 Å². The number of sulfonamides is 1. The number of nitrogens with two attached hydrogens (primary N) is 1. The van der Waals surface area contributed by atoms with Crippen molar-refractivity contribution in [2.45, 2.75) is 44.4 Å². The lowest BCUT2D eigenvalue weighted by atomic mass is 10.1. The van der Waals surface area contributed by atoms with E-state index >= 15 is 0 Å². The Hall–Kier alpha value is -0.620. The first-order chi connectivity index (χ1) is 6.80. The van der Waals surface area contributed by atoms with Gasteiger partial charge in [0.15, 0.2) is 4.75 Å². The van der Waals surface area contributed by atoms with Gasteiger partial charge < -0.3 is 5.73 Å². The molecule has 1 aliphatic rings. The van der Waals surface area contributed by atoms with Crippen LogP contribution in [0.2, 0.25) is 0 Å². The SMILES string of the molecule is CCCC(CN)N1C(=O)C(C)(C)S1(=O)=O. The van der Waals surface area contributed by atoms with Gasteiger partial charge in [0.2, 0.25) is 0 Å². The summed E-state index contributed by atoms with van der Waals surface area (Å²) in [4.78, 5) is 11.7. The van der Waals surface area contributed by atoms with Gasteiger partial charge in [0.25, 0.3) is 15.9 Å². The molecule has 2 N–H and O–H groups in total. The average molecular weight is 234 g/mol. The molecule has 1 atom stereocenters. The van der Waals surface area contributed by atoms with E-state index in [1.807, 2.05) is 6.92 Å². The number of nitrogens with zero attached hydrogens (tertiary/aromatic N) is 1. The lowest BCUT2D eigenvalue weighted by molar-refractivity contribution is -0.133. The van der Waals surface area contributed by atoms with E-state index in [4.69, 9.17) is 5.73 Å². The lowest BCUT2D eigenvalue weighted by Crippen LogP contribution is -2.70. The summed E-state index contributed by atoms with van der Waals surface area (Å²) < 4.78 is 23.3. The van der Waals surface area contributed by atoms with E-state index in [1.165, 1.54) is 13.8 Å². The fourth-order valence-electron chi connectivity index (χ4n) is 1.72. The predicted octanol–water partition coefficient (Wildman–Crippen LogP) is 0.0644. The molecule has 1 rings (SSSR count). The van der Waals surface area contributed by atoms with Gasteiger partial charge in [-0.2, -0.15) is 0 Å². The van der Waals surface area contributed by atoms with Crippen LogP contribution in [0.1, 0.15) is 33.6 Å². The number of carbonyl (C=O) groups excluding carboxylic acids is 1. The van der Waals surface area contributed by atoms with Crippen molar-refractivity contribution < 1.29 is 13.2 Å². The lowest BCUT2D eigenvalue weighted by Gasteiger charge is -2.46. The third-order valence-electron chi connectivity index (χ3n) is 2.84. The van der Waals surface area contributed by atoms with Gasteiger partial charge in [-0.3, -0.25) is 4.79 Å². The maximum atomic E-state index is 11.8. The predicted molar refractivity (Wildman–Crippen MR) is 57.6 cm³/mol. The Labute approximate surface area is 90.7 Å². The van der Waals surface area contributed by atoms with Crippen LogP contribution in [0.25, 0.3) is 0 Å². The highest BCUT2D eigenvalue weighted by atomic mass is 32.2. The van der Waals surface area contributed by atoms with E-state index < -0.39 is 14.8 Å². The summed E-state index contributed by atoms with van der Waals surface area (Å²) in [5.74, 6) is -0.341. The van der Waals surface area contributed by atoms with Crippen LogP contribution in [0, 0.1) is 0 Å². The van der Waals surface area contributed by atoms with E-state index in [-0.39, 0.29) is 18.5 Å². The molecule has 1 fully saturated rings. The van der Waals surface area contributed by atoms with E-state index in [1.54, 1.807) is 0 Å². The summed E-state index contributed by atoms with van der Waals surface area (Å²) in [5, 5.41) is 0. The molecule has 0 aliphatic carbocycles. The monoisotopic (exact) mass is 234 g/mol. The Bertz CT molecular complexity index is 362. The summed E-state index contributed by atoms with van der Waals surface area (Å²) in [5.41, 5.74) is 5.48. The molecular weight excluding hydrogens is 216 g/mol. The van der Waals surface area contributed by atoms with E-state index in [0.29, 0.717) is 6.42 Å². The molecule has 88 valence electrons. The third-order valence-corrected chi connectivity index (χ3v) is 5.29. The van der Waals surface area contributed by atoms with Crippen molar-refractivity contribution in [3.8, 4) is 0 Å². The Morgan fingerprint density at radius 2 is 2.00 bits per heavy atom. The van der Waals surface area contributed by atoms with Gasteiger partial charge in [-0.05, 0) is 20.3 Å². The minimum Gasteiger partial charge on any atom is -0.328 e. The van der Waals surface area contributed by atoms with Crippen LogP contribution in [0.4, 0.5) is 0 Å². The molecule has 0 aromatic carbocycles. The maximum absolute atomic E-state index is 11.8. The standard InChI is InChI=1S/C9H18N2O3S/c1-4-5-7(6-10)11-8(12)9(2,3)15(11,13)14/h7H,4-6,10H2,1-3H3. The Balaban J connectivity index is 2.95. The van der Waals surface area contributed by atoms with E-state index in [2.05, 4.69) is 0 Å². The number of carbonyl (C=O) groups is 1. The molecule has 0 spiro atoms. The Kier molecular flexibility index (Phi) is 3.11. The molecule has 0 bridgehead atoms. The molecule has 0 aromatic rings. The highest BCUT2D eigenvalue weighted by molar-refractivity contribution is 7.94. The largest absolute Gasteiger partial charge is 0.328 e. The zero-order valence-corrected chi connectivity index (χ0v) is 10.2. The second-order valence-electron chi connectivity index (χ2n) is 4.29. The van der Waals surface area contributed by atoms with Gasteiger partial charge >= 0.3 is 0 Å². The molecule has 0 saturated carbocycles. The van der Waals surface area contributed by atoms with Gasteiger partial charge in [0, 0.05) is 6.54 Å². The highest BCUT2D eigenvalue weighted by Crippen LogP contribution is 2.37. The molecular formula is C9H18N2O3S. The summed E-state index contributed by atoms with van der Waals surface area (Å²) >= 11 is 0.